The van der Waals surface area contributed by atoms with Gasteiger partial charge in [0.15, 0.2) is 0 Å². The predicted octanol–water partition coefficient (Wildman–Crippen LogP) is 17.0. The van der Waals surface area contributed by atoms with Crippen LogP contribution in [-0.4, -0.2) is 0 Å². The molecule has 0 amide bonds. The number of anilines is 3. The van der Waals surface area contributed by atoms with Crippen molar-refractivity contribution in [3.63, 3.8) is 0 Å². The van der Waals surface area contributed by atoms with E-state index < -0.39 is 0 Å². The van der Waals surface area contributed by atoms with Crippen molar-refractivity contribution in [1.82, 2.24) is 0 Å². The molecule has 0 N–H and O–H groups in total. The number of nitrogens with zero attached hydrogens (tertiary/aromatic N) is 1. The molecule has 0 bridgehead atoms. The van der Waals surface area contributed by atoms with E-state index in [2.05, 4.69) is 241 Å². The largest absolute Gasteiger partial charge is 0.311 e. The minimum atomic E-state index is -0.144. The molecule has 0 unspecified atom stereocenters. The normalized spacial score (nSPS) is 16.5. The first-order valence-electron chi connectivity index (χ1n) is 20.7. The van der Waals surface area contributed by atoms with Crippen LogP contribution in [0.15, 0.2) is 225 Å². The number of fused-ring (bicyclic) bond motifs is 2. The van der Waals surface area contributed by atoms with Crippen LogP contribution >= 0.6 is 11.8 Å². The molecule has 0 saturated carbocycles. The lowest BCUT2D eigenvalue weighted by molar-refractivity contribution is 0.592. The molecule has 8 rings (SSSR count). The van der Waals surface area contributed by atoms with E-state index >= 15 is 0 Å². The van der Waals surface area contributed by atoms with Gasteiger partial charge in [0.1, 0.15) is 0 Å². The van der Waals surface area contributed by atoms with Crippen molar-refractivity contribution in [2.24, 2.45) is 0 Å². The van der Waals surface area contributed by atoms with Gasteiger partial charge in [0.25, 0.3) is 0 Å². The number of hydrogen-bond acceptors (Lipinski definition) is 2. The Bertz CT molecular complexity index is 2640. The molecule has 0 radical (unpaired) electrons. The summed E-state index contributed by atoms with van der Waals surface area (Å²) in [4.78, 5) is 4.81. The molecule has 6 aromatic rings. The van der Waals surface area contributed by atoms with E-state index in [0.29, 0.717) is 0 Å². The summed E-state index contributed by atoms with van der Waals surface area (Å²) in [7, 11) is 0. The smallest absolute Gasteiger partial charge is 0.0462 e. The molecule has 0 aromatic heterocycles. The number of rotatable bonds is 6. The predicted molar refractivity (Wildman–Crippen MR) is 265 cm³/mol. The Labute approximate surface area is 363 Å². The Morgan fingerprint density at radius 3 is 1.63 bits per heavy atom. The van der Waals surface area contributed by atoms with E-state index in [9.17, 15) is 0 Å². The summed E-state index contributed by atoms with van der Waals surface area (Å²) < 4.78 is 0. The van der Waals surface area contributed by atoms with Crippen molar-refractivity contribution in [3.8, 4) is 22.3 Å². The minimum Gasteiger partial charge on any atom is -0.311 e. The van der Waals surface area contributed by atoms with Gasteiger partial charge in [-0.2, -0.15) is 0 Å². The zero-order valence-electron chi connectivity index (χ0n) is 35.9. The fraction of sp³-hybridized carbons (Fsp3) is 0.138. The molecule has 0 fully saturated rings. The lowest BCUT2D eigenvalue weighted by Crippen LogP contribution is -2.16. The van der Waals surface area contributed by atoms with E-state index in [4.69, 9.17) is 0 Å². The van der Waals surface area contributed by atoms with Crippen LogP contribution in [0.2, 0.25) is 0 Å². The van der Waals surface area contributed by atoms with E-state index in [-0.39, 0.29) is 10.8 Å². The first-order chi connectivity index (χ1) is 28.9. The summed E-state index contributed by atoms with van der Waals surface area (Å²) in [6.07, 6.45) is 12.5. The number of thioether (sulfide) groups is 1. The van der Waals surface area contributed by atoms with Crippen LogP contribution in [0, 0.1) is 0 Å². The van der Waals surface area contributed by atoms with Gasteiger partial charge < -0.3 is 4.90 Å². The highest BCUT2D eigenvalue weighted by Crippen LogP contribution is 2.54. The number of allylic oxidation sites excluding steroid dienone is 9. The fourth-order valence-electron chi connectivity index (χ4n) is 7.98. The second-order valence-corrected chi connectivity index (χ2v) is 17.9. The van der Waals surface area contributed by atoms with Gasteiger partial charge in [0, 0.05) is 32.3 Å². The Morgan fingerprint density at radius 2 is 1.03 bits per heavy atom. The Hall–Kier alpha value is -6.35. The van der Waals surface area contributed by atoms with Crippen LogP contribution in [-0.2, 0) is 10.8 Å². The Kier molecular flexibility index (Phi) is 12.5. The highest BCUT2D eigenvalue weighted by molar-refractivity contribution is 8.16. The van der Waals surface area contributed by atoms with Crippen LogP contribution in [0.25, 0.3) is 32.1 Å². The number of hydrogen-bond donors (Lipinski definition) is 0. The molecule has 0 atom stereocenters. The van der Waals surface area contributed by atoms with Crippen LogP contribution in [0.5, 0.6) is 0 Å². The maximum absolute atomic E-state index is 4.33. The summed E-state index contributed by atoms with van der Waals surface area (Å²) in [6, 6.07) is 55.1. The van der Waals surface area contributed by atoms with Crippen molar-refractivity contribution >= 4 is 38.6 Å². The second-order valence-electron chi connectivity index (χ2n) is 16.8. The highest BCUT2D eigenvalue weighted by Gasteiger charge is 2.37. The molecule has 1 nitrogen and oxygen atoms in total. The van der Waals surface area contributed by atoms with Crippen molar-refractivity contribution in [2.45, 2.75) is 52.4 Å². The van der Waals surface area contributed by atoms with Crippen LogP contribution in [0.4, 0.5) is 17.1 Å². The molecule has 0 spiro atoms. The SMILES string of the molecule is C=C1/C=C\C=C(\c2ccc(N(c3ccc(-c4ccccc4)cc3)c3ccc(-c4ccccc4C(C)(C)C)cc3)cc2)SC2=C(/C=C\C1=C)C(C)(C)c1ccccc12.C=CC. The molecule has 1 heterocycles. The monoisotopic (exact) mass is 797 g/mol. The van der Waals surface area contributed by atoms with E-state index in [1.54, 1.807) is 6.08 Å². The standard InChI is InChI=1S/C55H49NS.C3H6/c1-38-16-15-23-52(57-53-48-20-12-14-22-50(48)55(6,7)51(53)37-24-39(38)2)43-29-35-46(36-30-43)56(44-31-25-41(26-32-44)40-17-9-8-10-18-40)45-33-27-42(28-34-45)47-19-11-13-21-49(47)54(3,4)5;1-3-2/h8-37H,1-2H2,3-7H3;3H,1H2,2H3/b16-15-,37-24-,52-23-;. The van der Waals surface area contributed by atoms with Gasteiger partial charge in [0.2, 0.25) is 0 Å². The van der Waals surface area contributed by atoms with Crippen LogP contribution in [0.1, 0.15) is 63.8 Å². The summed E-state index contributed by atoms with van der Waals surface area (Å²) >= 11 is 1.84. The summed E-state index contributed by atoms with van der Waals surface area (Å²) in [5.41, 5.74) is 16.3. The van der Waals surface area contributed by atoms with Gasteiger partial charge in [-0.05, 0) is 116 Å². The average Bonchev–Trinajstić information content (AvgIpc) is 3.46. The third-order valence-corrected chi connectivity index (χ3v) is 12.4. The third-order valence-electron chi connectivity index (χ3n) is 11.2. The molecule has 1 aliphatic heterocycles. The lowest BCUT2D eigenvalue weighted by Gasteiger charge is -2.27. The van der Waals surface area contributed by atoms with E-state index in [1.165, 1.54) is 54.3 Å². The van der Waals surface area contributed by atoms with Crippen molar-refractivity contribution < 1.29 is 0 Å². The molecule has 60 heavy (non-hydrogen) atoms. The van der Waals surface area contributed by atoms with Gasteiger partial charge >= 0.3 is 0 Å². The van der Waals surface area contributed by atoms with Gasteiger partial charge in [-0.15, -0.1) is 6.58 Å². The minimum absolute atomic E-state index is 0.0375. The number of benzene rings is 6. The lowest BCUT2D eigenvalue weighted by atomic mass is 9.81. The zero-order chi connectivity index (χ0) is 42.4. The molecular formula is C58H55NS. The van der Waals surface area contributed by atoms with Crippen molar-refractivity contribution in [1.29, 1.82) is 0 Å². The van der Waals surface area contributed by atoms with Crippen LogP contribution < -0.4 is 4.90 Å². The topological polar surface area (TPSA) is 3.24 Å². The van der Waals surface area contributed by atoms with Crippen LogP contribution in [0.3, 0.4) is 0 Å². The molecule has 2 aliphatic rings. The molecule has 1 aliphatic carbocycles. The molecular weight excluding hydrogens is 743 g/mol. The van der Waals surface area contributed by atoms with E-state index in [0.717, 1.165) is 33.8 Å². The molecule has 0 saturated heterocycles. The van der Waals surface area contributed by atoms with Gasteiger partial charge in [0.05, 0.1) is 0 Å². The third kappa shape index (κ3) is 8.81. The quantitative estimate of drug-likeness (QED) is 0.154. The van der Waals surface area contributed by atoms with Crippen molar-refractivity contribution in [3.05, 3.63) is 247 Å². The van der Waals surface area contributed by atoms with E-state index in [1.807, 2.05) is 18.7 Å². The maximum Gasteiger partial charge on any atom is 0.0462 e. The Morgan fingerprint density at radius 1 is 0.550 bits per heavy atom. The zero-order valence-corrected chi connectivity index (χ0v) is 36.7. The first kappa shape index (κ1) is 41.8. The first-order valence-corrected chi connectivity index (χ1v) is 21.5. The highest BCUT2D eigenvalue weighted by atomic mass is 32.2. The summed E-state index contributed by atoms with van der Waals surface area (Å²) in [6.45, 7) is 25.4. The molecule has 298 valence electrons. The van der Waals surface area contributed by atoms with Gasteiger partial charge in [-0.1, -0.05) is 205 Å². The van der Waals surface area contributed by atoms with Gasteiger partial charge in [-0.3, -0.25) is 0 Å². The fourth-order valence-corrected chi connectivity index (χ4v) is 9.32. The molecule has 2 heteroatoms. The average molecular weight is 798 g/mol. The maximum atomic E-state index is 4.33. The second kappa shape index (κ2) is 17.9. The summed E-state index contributed by atoms with van der Waals surface area (Å²) in [5.74, 6) is 0. The molecule has 6 aromatic carbocycles. The van der Waals surface area contributed by atoms with Gasteiger partial charge in [-0.25, -0.2) is 0 Å². The summed E-state index contributed by atoms with van der Waals surface area (Å²) in [5, 5.41) is 0. The Balaban J connectivity index is 0.00000176. The van der Waals surface area contributed by atoms with Crippen molar-refractivity contribution in [2.75, 3.05) is 4.90 Å².